The zero-order chi connectivity index (χ0) is 13.5. The van der Waals surface area contributed by atoms with Crippen molar-refractivity contribution in [1.29, 1.82) is 0 Å². The van der Waals surface area contributed by atoms with Crippen LogP contribution in [0, 0.1) is 0 Å². The first-order valence-corrected chi connectivity index (χ1v) is 6.49. The predicted octanol–water partition coefficient (Wildman–Crippen LogP) is 1.58. The van der Waals surface area contributed by atoms with E-state index in [1.165, 1.54) is 0 Å². The Balaban J connectivity index is 1.73. The van der Waals surface area contributed by atoms with Crippen molar-refractivity contribution in [3.05, 3.63) is 42.5 Å². The second kappa shape index (κ2) is 7.07. The van der Waals surface area contributed by atoms with E-state index in [0.29, 0.717) is 12.2 Å². The van der Waals surface area contributed by atoms with Gasteiger partial charge >= 0.3 is 5.97 Å². The molecule has 0 unspecified atom stereocenters. The third-order valence-corrected chi connectivity index (χ3v) is 3.11. The van der Waals surface area contributed by atoms with Crippen LogP contribution >= 0.6 is 0 Å². The highest BCUT2D eigenvalue weighted by molar-refractivity contribution is 6.15. The van der Waals surface area contributed by atoms with Crippen molar-refractivity contribution in [2.45, 2.75) is 0 Å². The summed E-state index contributed by atoms with van der Waals surface area (Å²) < 4.78 is 10.5. The molecule has 4 heteroatoms. The van der Waals surface area contributed by atoms with Gasteiger partial charge in [-0.05, 0) is 5.56 Å². The topological polar surface area (TPSA) is 38.8 Å². The summed E-state index contributed by atoms with van der Waals surface area (Å²) in [6.45, 7) is 8.23. The Hall–Kier alpha value is -1.65. The van der Waals surface area contributed by atoms with Crippen molar-refractivity contribution in [3.63, 3.8) is 0 Å². The molecule has 102 valence electrons. The summed E-state index contributed by atoms with van der Waals surface area (Å²) in [5.41, 5.74) is 1.21. The molecular weight excluding hydrogens is 242 g/mol. The highest BCUT2D eigenvalue weighted by Crippen LogP contribution is 2.13. The molecule has 4 nitrogen and oxygen atoms in total. The number of hydrogen-bond acceptors (Lipinski definition) is 4. The summed E-state index contributed by atoms with van der Waals surface area (Å²) in [7, 11) is 0. The van der Waals surface area contributed by atoms with Gasteiger partial charge in [-0.25, -0.2) is 4.79 Å². The first kappa shape index (κ1) is 13.8. The number of nitrogens with zero attached hydrogens (tertiary/aromatic N) is 1. The lowest BCUT2D eigenvalue weighted by Crippen LogP contribution is -2.38. The minimum absolute atomic E-state index is 0.348. The summed E-state index contributed by atoms with van der Waals surface area (Å²) in [4.78, 5) is 14.0. The molecule has 0 atom stereocenters. The Labute approximate surface area is 113 Å². The summed E-state index contributed by atoms with van der Waals surface area (Å²) in [5, 5.41) is 0. The number of esters is 1. The summed E-state index contributed by atoms with van der Waals surface area (Å²) >= 11 is 0. The Bertz CT molecular complexity index is 424. The quantitative estimate of drug-likeness (QED) is 0.596. The number of carbonyl (C=O) groups excluding carboxylic acids is 1. The van der Waals surface area contributed by atoms with E-state index in [-0.39, 0.29) is 5.97 Å². The van der Waals surface area contributed by atoms with Crippen molar-refractivity contribution in [2.75, 3.05) is 39.5 Å². The first-order valence-electron chi connectivity index (χ1n) is 6.49. The number of hydrogen-bond donors (Lipinski definition) is 0. The normalized spacial score (nSPS) is 16.0. The van der Waals surface area contributed by atoms with Gasteiger partial charge in [0.1, 0.15) is 6.61 Å². The minimum atomic E-state index is -0.348. The van der Waals surface area contributed by atoms with Crippen LogP contribution in [0.3, 0.4) is 0 Å². The van der Waals surface area contributed by atoms with Crippen molar-refractivity contribution < 1.29 is 14.3 Å². The van der Waals surface area contributed by atoms with E-state index in [2.05, 4.69) is 11.5 Å². The van der Waals surface area contributed by atoms with Crippen molar-refractivity contribution >= 4 is 11.5 Å². The van der Waals surface area contributed by atoms with Gasteiger partial charge < -0.3 is 9.47 Å². The van der Waals surface area contributed by atoms with E-state index in [0.717, 1.165) is 38.4 Å². The first-order chi connectivity index (χ1) is 9.27. The molecule has 0 radical (unpaired) electrons. The largest absolute Gasteiger partial charge is 0.461 e. The molecule has 0 amide bonds. The average molecular weight is 261 g/mol. The van der Waals surface area contributed by atoms with E-state index in [1.54, 1.807) is 0 Å². The lowest BCUT2D eigenvalue weighted by Gasteiger charge is -2.26. The van der Waals surface area contributed by atoms with Crippen LogP contribution in [0.25, 0.3) is 5.57 Å². The van der Waals surface area contributed by atoms with Gasteiger partial charge in [0.25, 0.3) is 0 Å². The summed E-state index contributed by atoms with van der Waals surface area (Å²) in [6.07, 6.45) is 0. The van der Waals surface area contributed by atoms with E-state index in [9.17, 15) is 4.79 Å². The SMILES string of the molecule is C=C(C(=O)OCCN1CCOCC1)c1ccccc1. The number of benzene rings is 1. The number of rotatable bonds is 5. The Morgan fingerprint density at radius 3 is 2.63 bits per heavy atom. The molecule has 0 N–H and O–H groups in total. The second-order valence-electron chi connectivity index (χ2n) is 4.43. The van der Waals surface area contributed by atoms with Gasteiger partial charge in [0.05, 0.1) is 18.8 Å². The monoisotopic (exact) mass is 261 g/mol. The number of morpholine rings is 1. The highest BCUT2D eigenvalue weighted by Gasteiger charge is 2.13. The summed E-state index contributed by atoms with van der Waals surface area (Å²) in [5.74, 6) is -0.348. The molecule has 0 saturated carbocycles. The molecule has 1 saturated heterocycles. The smallest absolute Gasteiger partial charge is 0.338 e. The standard InChI is InChI=1S/C15H19NO3/c1-13(14-5-3-2-4-6-14)15(17)19-12-9-16-7-10-18-11-8-16/h2-6H,1,7-12H2. The van der Waals surface area contributed by atoms with Crippen LogP contribution in [0.4, 0.5) is 0 Å². The van der Waals surface area contributed by atoms with Crippen LogP contribution in [0.15, 0.2) is 36.9 Å². The lowest BCUT2D eigenvalue weighted by atomic mass is 10.1. The maximum Gasteiger partial charge on any atom is 0.338 e. The van der Waals surface area contributed by atoms with Crippen molar-refractivity contribution in [1.82, 2.24) is 4.90 Å². The molecule has 1 heterocycles. The Kier molecular flexibility index (Phi) is 5.12. The summed E-state index contributed by atoms with van der Waals surface area (Å²) in [6, 6.07) is 9.36. The zero-order valence-electron chi connectivity index (χ0n) is 11.0. The number of ether oxygens (including phenoxy) is 2. The molecule has 2 rings (SSSR count). The fourth-order valence-electron chi connectivity index (χ4n) is 1.94. The van der Waals surface area contributed by atoms with Crippen LogP contribution in [-0.2, 0) is 14.3 Å². The van der Waals surface area contributed by atoms with Gasteiger partial charge in [0.15, 0.2) is 0 Å². The van der Waals surface area contributed by atoms with Gasteiger partial charge in [0, 0.05) is 19.6 Å². The molecular formula is C15H19NO3. The Morgan fingerprint density at radius 1 is 1.26 bits per heavy atom. The van der Waals surface area contributed by atoms with E-state index in [1.807, 2.05) is 30.3 Å². The number of carbonyl (C=O) groups is 1. The molecule has 19 heavy (non-hydrogen) atoms. The van der Waals surface area contributed by atoms with Gasteiger partial charge in [-0.1, -0.05) is 36.9 Å². The van der Waals surface area contributed by atoms with Gasteiger partial charge in [-0.3, -0.25) is 4.90 Å². The van der Waals surface area contributed by atoms with Gasteiger partial charge in [-0.15, -0.1) is 0 Å². The lowest BCUT2D eigenvalue weighted by molar-refractivity contribution is -0.137. The van der Waals surface area contributed by atoms with Crippen LogP contribution in [-0.4, -0.2) is 50.3 Å². The molecule has 0 aliphatic carbocycles. The molecule has 0 spiro atoms. The fraction of sp³-hybridized carbons (Fsp3) is 0.400. The maximum absolute atomic E-state index is 11.8. The average Bonchev–Trinajstić information content (AvgIpc) is 2.48. The highest BCUT2D eigenvalue weighted by atomic mass is 16.5. The van der Waals surface area contributed by atoms with Crippen LogP contribution in [0.2, 0.25) is 0 Å². The predicted molar refractivity (Wildman–Crippen MR) is 73.7 cm³/mol. The van der Waals surface area contributed by atoms with Crippen LogP contribution in [0.1, 0.15) is 5.56 Å². The molecule has 0 aromatic heterocycles. The van der Waals surface area contributed by atoms with Gasteiger partial charge in [-0.2, -0.15) is 0 Å². The van der Waals surface area contributed by atoms with E-state index >= 15 is 0 Å². The molecule has 1 aromatic carbocycles. The van der Waals surface area contributed by atoms with E-state index < -0.39 is 0 Å². The van der Waals surface area contributed by atoms with Crippen LogP contribution < -0.4 is 0 Å². The molecule has 1 aromatic rings. The molecule has 0 bridgehead atoms. The van der Waals surface area contributed by atoms with Crippen molar-refractivity contribution in [3.8, 4) is 0 Å². The second-order valence-corrected chi connectivity index (χ2v) is 4.43. The maximum atomic E-state index is 11.8. The van der Waals surface area contributed by atoms with Crippen LogP contribution in [0.5, 0.6) is 0 Å². The minimum Gasteiger partial charge on any atom is -0.461 e. The molecule has 1 fully saturated rings. The third kappa shape index (κ3) is 4.19. The molecule has 1 aliphatic rings. The zero-order valence-corrected chi connectivity index (χ0v) is 11.0. The fourth-order valence-corrected chi connectivity index (χ4v) is 1.94. The van der Waals surface area contributed by atoms with E-state index in [4.69, 9.17) is 9.47 Å². The van der Waals surface area contributed by atoms with Gasteiger partial charge in [0.2, 0.25) is 0 Å². The Morgan fingerprint density at radius 2 is 1.95 bits per heavy atom. The van der Waals surface area contributed by atoms with Crippen molar-refractivity contribution in [2.24, 2.45) is 0 Å². The molecule has 1 aliphatic heterocycles. The third-order valence-electron chi connectivity index (χ3n) is 3.11.